The lowest BCUT2D eigenvalue weighted by Gasteiger charge is -2.09. The Hall–Kier alpha value is -1.98. The molecule has 0 unspecified atom stereocenters. The van der Waals surface area contributed by atoms with Crippen molar-refractivity contribution in [3.63, 3.8) is 0 Å². The third-order valence-electron chi connectivity index (χ3n) is 2.83. The molecule has 2 aromatic rings. The summed E-state index contributed by atoms with van der Waals surface area (Å²) in [5, 5.41) is 7.15. The van der Waals surface area contributed by atoms with Crippen LogP contribution in [0.3, 0.4) is 0 Å². The van der Waals surface area contributed by atoms with Gasteiger partial charge in [-0.2, -0.15) is 18.3 Å². The molecule has 0 amide bonds. The van der Waals surface area contributed by atoms with Crippen LogP contribution in [-0.2, 0) is 19.3 Å². The first kappa shape index (κ1) is 14.4. The number of aromatic nitrogens is 2. The van der Waals surface area contributed by atoms with Gasteiger partial charge >= 0.3 is 6.18 Å². The first-order chi connectivity index (χ1) is 9.49. The minimum Gasteiger partial charge on any atom is -0.381 e. The number of halogens is 3. The highest BCUT2D eigenvalue weighted by Crippen LogP contribution is 2.30. The van der Waals surface area contributed by atoms with E-state index in [1.54, 1.807) is 12.3 Å². The number of anilines is 1. The van der Waals surface area contributed by atoms with E-state index in [0.717, 1.165) is 30.7 Å². The van der Waals surface area contributed by atoms with Gasteiger partial charge in [-0.25, -0.2) is 0 Å². The molecule has 2 rings (SSSR count). The molecule has 0 saturated carbocycles. The number of rotatable bonds is 5. The Bertz CT molecular complexity index is 561. The molecular weight excluding hydrogens is 267 g/mol. The molecule has 20 heavy (non-hydrogen) atoms. The molecule has 6 heteroatoms. The smallest absolute Gasteiger partial charge is 0.381 e. The summed E-state index contributed by atoms with van der Waals surface area (Å²) in [6.07, 6.45) is 0.284. The van der Waals surface area contributed by atoms with E-state index >= 15 is 0 Å². The third kappa shape index (κ3) is 3.76. The fourth-order valence-electron chi connectivity index (χ4n) is 1.86. The largest absolute Gasteiger partial charge is 0.416 e. The topological polar surface area (TPSA) is 29.9 Å². The molecular formula is C14H16F3N3. The van der Waals surface area contributed by atoms with Crippen LogP contribution < -0.4 is 5.32 Å². The lowest BCUT2D eigenvalue weighted by Crippen LogP contribution is -2.06. The third-order valence-corrected chi connectivity index (χ3v) is 2.83. The van der Waals surface area contributed by atoms with Crippen LogP contribution in [0.5, 0.6) is 0 Å². The van der Waals surface area contributed by atoms with Crippen molar-refractivity contribution in [2.24, 2.45) is 0 Å². The number of nitrogens with one attached hydrogen (secondary N) is 1. The highest BCUT2D eigenvalue weighted by Gasteiger charge is 2.30. The lowest BCUT2D eigenvalue weighted by atomic mass is 10.2. The zero-order valence-corrected chi connectivity index (χ0v) is 11.1. The minimum absolute atomic E-state index is 0.447. The Morgan fingerprint density at radius 3 is 2.80 bits per heavy atom. The molecule has 0 atom stereocenters. The van der Waals surface area contributed by atoms with Crippen molar-refractivity contribution in [2.75, 3.05) is 5.32 Å². The van der Waals surface area contributed by atoms with Gasteiger partial charge in [0, 0.05) is 30.5 Å². The molecule has 1 N–H and O–H groups in total. The van der Waals surface area contributed by atoms with Gasteiger partial charge in [-0.1, -0.05) is 13.0 Å². The minimum atomic E-state index is -4.32. The van der Waals surface area contributed by atoms with Crippen molar-refractivity contribution in [3.8, 4) is 0 Å². The van der Waals surface area contributed by atoms with Gasteiger partial charge in [0.25, 0.3) is 0 Å². The number of hydrogen-bond donors (Lipinski definition) is 1. The zero-order chi connectivity index (χ0) is 14.6. The molecule has 0 aliphatic carbocycles. The van der Waals surface area contributed by atoms with Crippen LogP contribution >= 0.6 is 0 Å². The average Bonchev–Trinajstić information content (AvgIpc) is 2.84. The number of nitrogens with zero attached hydrogens (tertiary/aromatic N) is 2. The van der Waals surface area contributed by atoms with E-state index in [0.29, 0.717) is 12.2 Å². The SMILES string of the molecule is CCCn1cc(CNc2cccc(C(F)(F)F)c2)cn1. The summed E-state index contributed by atoms with van der Waals surface area (Å²) >= 11 is 0. The van der Waals surface area contributed by atoms with Crippen molar-refractivity contribution >= 4 is 5.69 Å². The molecule has 1 heterocycles. The van der Waals surface area contributed by atoms with E-state index in [1.165, 1.54) is 6.07 Å². The summed E-state index contributed by atoms with van der Waals surface area (Å²) in [4.78, 5) is 0. The Labute approximate surface area is 115 Å². The van der Waals surface area contributed by atoms with Crippen molar-refractivity contribution in [3.05, 3.63) is 47.8 Å². The quantitative estimate of drug-likeness (QED) is 0.901. The Balaban J connectivity index is 1.99. The van der Waals surface area contributed by atoms with Crippen LogP contribution in [0.4, 0.5) is 18.9 Å². The molecule has 1 aromatic heterocycles. The number of alkyl halides is 3. The van der Waals surface area contributed by atoms with Crippen LogP contribution in [0.25, 0.3) is 0 Å². The van der Waals surface area contributed by atoms with E-state index in [2.05, 4.69) is 17.3 Å². The van der Waals surface area contributed by atoms with Crippen LogP contribution in [0.15, 0.2) is 36.7 Å². The molecule has 0 saturated heterocycles. The highest BCUT2D eigenvalue weighted by molar-refractivity contribution is 5.46. The first-order valence-electron chi connectivity index (χ1n) is 6.41. The second-order valence-electron chi connectivity index (χ2n) is 4.54. The van der Waals surface area contributed by atoms with E-state index in [1.807, 2.05) is 10.9 Å². The summed E-state index contributed by atoms with van der Waals surface area (Å²) in [6, 6.07) is 5.18. The molecule has 1 aromatic carbocycles. The molecule has 3 nitrogen and oxygen atoms in total. The van der Waals surface area contributed by atoms with Gasteiger partial charge < -0.3 is 5.32 Å². The van der Waals surface area contributed by atoms with Gasteiger partial charge in [-0.15, -0.1) is 0 Å². The maximum Gasteiger partial charge on any atom is 0.416 e. The van der Waals surface area contributed by atoms with Crippen molar-refractivity contribution < 1.29 is 13.2 Å². The van der Waals surface area contributed by atoms with Crippen LogP contribution in [0.1, 0.15) is 24.5 Å². The van der Waals surface area contributed by atoms with Gasteiger partial charge in [-0.05, 0) is 24.6 Å². The summed E-state index contributed by atoms with van der Waals surface area (Å²) in [7, 11) is 0. The predicted octanol–water partition coefficient (Wildman–Crippen LogP) is 3.92. The van der Waals surface area contributed by atoms with Crippen LogP contribution in [0, 0.1) is 0 Å². The predicted molar refractivity (Wildman–Crippen MR) is 71.3 cm³/mol. The number of benzene rings is 1. The van der Waals surface area contributed by atoms with Crippen molar-refractivity contribution in [2.45, 2.75) is 32.6 Å². The first-order valence-corrected chi connectivity index (χ1v) is 6.41. The second-order valence-corrected chi connectivity index (χ2v) is 4.54. The monoisotopic (exact) mass is 283 g/mol. The summed E-state index contributed by atoms with van der Waals surface area (Å²) < 4.78 is 39.6. The van der Waals surface area contributed by atoms with Gasteiger partial charge in [0.1, 0.15) is 0 Å². The molecule has 0 radical (unpaired) electrons. The summed E-state index contributed by atoms with van der Waals surface area (Å²) in [6.45, 7) is 3.34. The summed E-state index contributed by atoms with van der Waals surface area (Å²) in [5.41, 5.74) is 0.739. The van der Waals surface area contributed by atoms with Crippen molar-refractivity contribution in [1.29, 1.82) is 0 Å². The molecule has 0 spiro atoms. The van der Waals surface area contributed by atoms with Gasteiger partial charge in [0.2, 0.25) is 0 Å². The normalized spacial score (nSPS) is 11.6. The Morgan fingerprint density at radius 2 is 2.10 bits per heavy atom. The van der Waals surface area contributed by atoms with E-state index in [-0.39, 0.29) is 0 Å². The fraction of sp³-hybridized carbons (Fsp3) is 0.357. The van der Waals surface area contributed by atoms with Gasteiger partial charge in [0.15, 0.2) is 0 Å². The number of hydrogen-bond acceptors (Lipinski definition) is 2. The molecule has 0 fully saturated rings. The van der Waals surface area contributed by atoms with Crippen molar-refractivity contribution in [1.82, 2.24) is 9.78 Å². The highest BCUT2D eigenvalue weighted by atomic mass is 19.4. The maximum absolute atomic E-state index is 12.6. The molecule has 0 aliphatic rings. The standard InChI is InChI=1S/C14H16F3N3/c1-2-6-20-10-11(9-19-20)8-18-13-5-3-4-12(7-13)14(15,16)17/h3-5,7,9-10,18H,2,6,8H2,1H3. The Kier molecular flexibility index (Phi) is 4.32. The van der Waals surface area contributed by atoms with E-state index in [9.17, 15) is 13.2 Å². The summed E-state index contributed by atoms with van der Waals surface area (Å²) in [5.74, 6) is 0. The van der Waals surface area contributed by atoms with Gasteiger partial charge in [0.05, 0.1) is 11.8 Å². The van der Waals surface area contributed by atoms with E-state index in [4.69, 9.17) is 0 Å². The second kappa shape index (κ2) is 5.98. The van der Waals surface area contributed by atoms with Gasteiger partial charge in [-0.3, -0.25) is 4.68 Å². The molecule has 0 bridgehead atoms. The maximum atomic E-state index is 12.6. The van der Waals surface area contributed by atoms with Crippen LogP contribution in [0.2, 0.25) is 0 Å². The zero-order valence-electron chi connectivity index (χ0n) is 11.1. The lowest BCUT2D eigenvalue weighted by molar-refractivity contribution is -0.137. The average molecular weight is 283 g/mol. The van der Waals surface area contributed by atoms with Crippen LogP contribution in [-0.4, -0.2) is 9.78 Å². The number of aryl methyl sites for hydroxylation is 1. The Morgan fingerprint density at radius 1 is 1.30 bits per heavy atom. The molecule has 108 valence electrons. The van der Waals surface area contributed by atoms with E-state index < -0.39 is 11.7 Å². The fourth-order valence-corrected chi connectivity index (χ4v) is 1.86. The molecule has 0 aliphatic heterocycles.